The van der Waals surface area contributed by atoms with Gasteiger partial charge in [0.2, 0.25) is 5.91 Å². The molecular weight excluding hydrogens is 438 g/mol. The van der Waals surface area contributed by atoms with Crippen LogP contribution in [-0.2, 0) is 27.1 Å². The van der Waals surface area contributed by atoms with Crippen molar-refractivity contribution in [3.63, 3.8) is 0 Å². The molecule has 0 aliphatic rings. The number of carbonyl (C=O) groups excluding carboxylic acids is 2. The second-order valence-corrected chi connectivity index (χ2v) is 9.15. The predicted octanol–water partition coefficient (Wildman–Crippen LogP) is 2.21. The zero-order chi connectivity index (χ0) is 22.5. The average Bonchev–Trinajstić information content (AvgIpc) is 3.24. The third kappa shape index (κ3) is 5.24. The minimum absolute atomic E-state index is 0.0457. The summed E-state index contributed by atoms with van der Waals surface area (Å²) in [5.74, 6) is -0.227. The Morgan fingerprint density at radius 1 is 1.23 bits per heavy atom. The summed E-state index contributed by atoms with van der Waals surface area (Å²) in [5, 5.41) is 5.53. The number of para-hydroxylation sites is 1. The Balaban J connectivity index is 1.86. The number of anilines is 1. The molecule has 164 valence electrons. The third-order valence-corrected chi connectivity index (χ3v) is 6.65. The van der Waals surface area contributed by atoms with Crippen molar-refractivity contribution in [3.05, 3.63) is 46.4 Å². The van der Waals surface area contributed by atoms with E-state index < -0.39 is 28.9 Å². The highest BCUT2D eigenvalue weighted by atomic mass is 32.2. The minimum Gasteiger partial charge on any atom is -0.465 e. The summed E-state index contributed by atoms with van der Waals surface area (Å²) >= 11 is 1.16. The lowest BCUT2D eigenvalue weighted by Crippen LogP contribution is -2.40. The summed E-state index contributed by atoms with van der Waals surface area (Å²) in [6, 6.07) is 8.36. The van der Waals surface area contributed by atoms with E-state index in [2.05, 4.69) is 20.0 Å². The number of hydrogen-bond donors (Lipinski definition) is 3. The first-order valence-corrected chi connectivity index (χ1v) is 11.5. The zero-order valence-corrected chi connectivity index (χ0v) is 18.9. The lowest BCUT2D eigenvalue weighted by Gasteiger charge is -2.21. The molecule has 0 aliphatic carbocycles. The van der Waals surface area contributed by atoms with E-state index in [9.17, 15) is 13.8 Å². The number of ether oxygens (including phenoxy) is 1. The van der Waals surface area contributed by atoms with Crippen molar-refractivity contribution in [1.29, 1.82) is 0 Å². The van der Waals surface area contributed by atoms with Crippen LogP contribution in [-0.4, -0.2) is 39.2 Å². The Morgan fingerprint density at radius 3 is 2.65 bits per heavy atom. The third-order valence-electron chi connectivity index (χ3n) is 4.48. The Bertz CT molecular complexity index is 1130. The number of nitrogens with one attached hydrogen (secondary N) is 2. The van der Waals surface area contributed by atoms with E-state index in [1.54, 1.807) is 11.4 Å². The summed E-state index contributed by atoms with van der Waals surface area (Å²) in [7, 11) is -0.393. The fourth-order valence-corrected chi connectivity index (χ4v) is 4.94. The molecule has 31 heavy (non-hydrogen) atoms. The van der Waals surface area contributed by atoms with E-state index in [1.807, 2.05) is 38.1 Å². The number of methoxy groups -OCH3 is 1. The second kappa shape index (κ2) is 9.94. The maximum atomic E-state index is 12.7. The highest BCUT2D eigenvalue weighted by Gasteiger charge is 2.22. The average molecular weight is 462 g/mol. The number of thiophene rings is 1. The number of nitrogens with zero attached hydrogens (tertiary/aromatic N) is 2. The van der Waals surface area contributed by atoms with Crippen molar-refractivity contribution in [3.8, 4) is 0 Å². The van der Waals surface area contributed by atoms with E-state index >= 15 is 0 Å². The molecular formula is C20H23N5O4S2. The first-order valence-electron chi connectivity index (χ1n) is 9.44. The van der Waals surface area contributed by atoms with Gasteiger partial charge in [-0.1, -0.05) is 26.0 Å². The summed E-state index contributed by atoms with van der Waals surface area (Å²) in [6.45, 7) is 3.85. The fourth-order valence-electron chi connectivity index (χ4n) is 2.92. The highest BCUT2D eigenvalue weighted by molar-refractivity contribution is 7.83. The van der Waals surface area contributed by atoms with Gasteiger partial charge in [-0.2, -0.15) is 0 Å². The Kier molecular flexibility index (Phi) is 7.31. The van der Waals surface area contributed by atoms with Crippen molar-refractivity contribution in [2.75, 3.05) is 12.4 Å². The maximum Gasteiger partial charge on any atom is 0.349 e. The van der Waals surface area contributed by atoms with Gasteiger partial charge in [-0.25, -0.2) is 23.7 Å². The number of carbonyl (C=O) groups is 2. The summed E-state index contributed by atoms with van der Waals surface area (Å²) in [5.41, 5.74) is 6.20. The number of aromatic nitrogens is 2. The maximum absolute atomic E-state index is 12.7. The molecule has 4 N–H and O–H groups in total. The number of primary amides is 1. The molecule has 1 aromatic carbocycles. The molecule has 2 atom stereocenters. The molecule has 2 aromatic heterocycles. The van der Waals surface area contributed by atoms with Gasteiger partial charge in [-0.3, -0.25) is 4.79 Å². The molecule has 3 rings (SSSR count). The lowest BCUT2D eigenvalue weighted by molar-refractivity contribution is -0.119. The number of fused-ring (bicyclic) bond motifs is 1. The van der Waals surface area contributed by atoms with E-state index in [0.29, 0.717) is 22.1 Å². The van der Waals surface area contributed by atoms with E-state index in [1.165, 1.54) is 7.11 Å². The Hall–Kier alpha value is -2.89. The van der Waals surface area contributed by atoms with Crippen LogP contribution in [0.5, 0.6) is 0 Å². The number of amides is 1. The number of hydrogen-bond acceptors (Lipinski definition) is 8. The number of benzene rings is 1. The summed E-state index contributed by atoms with van der Waals surface area (Å²) < 4.78 is 20.3. The molecule has 3 aromatic rings. The van der Waals surface area contributed by atoms with Crippen LogP contribution < -0.4 is 15.8 Å². The summed E-state index contributed by atoms with van der Waals surface area (Å²) in [4.78, 5) is 33.3. The second-order valence-electron chi connectivity index (χ2n) is 6.97. The van der Waals surface area contributed by atoms with Gasteiger partial charge in [0.25, 0.3) is 0 Å². The molecule has 1 amide bonds. The van der Waals surface area contributed by atoms with Crippen LogP contribution in [0.15, 0.2) is 40.6 Å². The van der Waals surface area contributed by atoms with Crippen molar-refractivity contribution in [2.45, 2.75) is 31.3 Å². The molecule has 0 saturated heterocycles. The van der Waals surface area contributed by atoms with Crippen molar-refractivity contribution in [1.82, 2.24) is 14.7 Å². The SMILES string of the molecule is COC(=O)c1sccc1S(=O)NCc1nc(N[C@H](C(N)=O)C(C)C)c2ccccc2n1. The molecule has 0 aliphatic heterocycles. The van der Waals surface area contributed by atoms with E-state index in [4.69, 9.17) is 10.5 Å². The first kappa shape index (κ1) is 22.8. The van der Waals surface area contributed by atoms with Gasteiger partial charge < -0.3 is 15.8 Å². The van der Waals surface area contributed by atoms with E-state index in [0.717, 1.165) is 16.7 Å². The first-order chi connectivity index (χ1) is 14.8. The van der Waals surface area contributed by atoms with Gasteiger partial charge >= 0.3 is 5.97 Å². The summed E-state index contributed by atoms with van der Waals surface area (Å²) in [6.07, 6.45) is 0. The van der Waals surface area contributed by atoms with Crippen molar-refractivity contribution >= 4 is 50.9 Å². The quantitative estimate of drug-likeness (QED) is 0.416. The van der Waals surface area contributed by atoms with Crippen molar-refractivity contribution in [2.24, 2.45) is 11.7 Å². The van der Waals surface area contributed by atoms with Gasteiger partial charge in [0.1, 0.15) is 33.5 Å². The monoisotopic (exact) mass is 461 g/mol. The number of esters is 1. The minimum atomic E-state index is -1.67. The molecule has 9 nitrogen and oxygen atoms in total. The van der Waals surface area contributed by atoms with Gasteiger partial charge in [0.15, 0.2) is 0 Å². The zero-order valence-electron chi connectivity index (χ0n) is 17.2. The molecule has 11 heteroatoms. The van der Waals surface area contributed by atoms with Crippen LogP contribution in [0.4, 0.5) is 5.82 Å². The van der Waals surface area contributed by atoms with Crippen LogP contribution >= 0.6 is 11.3 Å². The Morgan fingerprint density at radius 2 is 1.97 bits per heavy atom. The van der Waals surface area contributed by atoms with Gasteiger partial charge in [0, 0.05) is 5.39 Å². The molecule has 0 radical (unpaired) electrons. The fraction of sp³-hybridized carbons (Fsp3) is 0.300. The predicted molar refractivity (Wildman–Crippen MR) is 120 cm³/mol. The Labute approximate surface area is 186 Å². The molecule has 1 unspecified atom stereocenters. The lowest BCUT2D eigenvalue weighted by atomic mass is 10.0. The van der Waals surface area contributed by atoms with Crippen LogP contribution in [0.3, 0.4) is 0 Å². The van der Waals surface area contributed by atoms with Gasteiger partial charge in [-0.15, -0.1) is 11.3 Å². The number of nitrogens with two attached hydrogens (primary N) is 1. The van der Waals surface area contributed by atoms with Crippen LogP contribution in [0.1, 0.15) is 29.3 Å². The van der Waals surface area contributed by atoms with Crippen LogP contribution in [0, 0.1) is 5.92 Å². The smallest absolute Gasteiger partial charge is 0.349 e. The standard InChI is InChI=1S/C20H23N5O4S2/c1-11(2)16(18(21)26)25-19-12-6-4-5-7-13(12)23-15(24-19)10-22-31(28)14-8-9-30-17(14)20(27)29-3/h4-9,11,16,22H,10H2,1-3H3,(H2,21,26)(H,23,24,25)/t16-,31?/m0/s1. The largest absolute Gasteiger partial charge is 0.465 e. The number of rotatable bonds is 9. The van der Waals surface area contributed by atoms with Gasteiger partial charge in [0.05, 0.1) is 24.1 Å². The van der Waals surface area contributed by atoms with Gasteiger partial charge in [-0.05, 0) is 29.5 Å². The van der Waals surface area contributed by atoms with Crippen molar-refractivity contribution < 1.29 is 18.5 Å². The molecule has 0 fully saturated rings. The normalized spacial score (nSPS) is 13.2. The highest BCUT2D eigenvalue weighted by Crippen LogP contribution is 2.23. The van der Waals surface area contributed by atoms with E-state index in [-0.39, 0.29) is 17.3 Å². The molecule has 0 saturated carbocycles. The van der Waals surface area contributed by atoms with Crippen LogP contribution in [0.25, 0.3) is 10.9 Å². The molecule has 0 bridgehead atoms. The molecule has 2 heterocycles. The van der Waals surface area contributed by atoms with Crippen LogP contribution in [0.2, 0.25) is 0 Å². The topological polar surface area (TPSA) is 136 Å². The molecule has 0 spiro atoms.